The second kappa shape index (κ2) is 160. The van der Waals surface area contributed by atoms with E-state index in [1.165, 1.54) is 0 Å². The largest absolute Gasteiger partial charge is 0.317 e. The first-order valence-electron chi connectivity index (χ1n) is 3.66. The second-order valence-corrected chi connectivity index (χ2v) is 1.85. The number of carbonyl (C=O) groups excluding carboxylic acids is 5. The van der Waals surface area contributed by atoms with E-state index < -0.39 is 0 Å². The molecule has 0 saturated carbocycles. The third kappa shape index (κ3) is 214. The predicted octanol–water partition coefficient (Wildman–Crippen LogP) is -0.0362. The molecular weight excluding hydrogens is 322 g/mol. The number of nitrogens with zero attached hydrogens (tertiary/aromatic N) is 1. The first kappa shape index (κ1) is 43.9. The zero-order chi connectivity index (χ0) is 15.7. The predicted molar refractivity (Wildman–Crippen MR) is 59.4 cm³/mol. The first-order valence-corrected chi connectivity index (χ1v) is 3.66. The molecule has 0 N–H and O–H groups in total. The van der Waals surface area contributed by atoms with Crippen LogP contribution < -0.4 is 0 Å². The molecule has 0 heterocycles. The Balaban J connectivity index is -0.0000000189. The van der Waals surface area contributed by atoms with Crippen molar-refractivity contribution in [1.29, 1.82) is 0 Å². The molecule has 0 fully saturated rings. The van der Waals surface area contributed by atoms with E-state index in [4.69, 9.17) is 30.5 Å². The van der Waals surface area contributed by atoms with Crippen LogP contribution in [0.1, 0.15) is 20.3 Å². The fraction of sp³-hybridized carbons (Fsp3) is 0.455. The fourth-order valence-electron chi connectivity index (χ4n) is 0.285. The average Bonchev–Trinajstić information content (AvgIpc) is 2.49. The van der Waals surface area contributed by atoms with Gasteiger partial charge in [0.15, 0.2) is 0 Å². The van der Waals surface area contributed by atoms with Crippen LogP contribution >= 0.6 is 0 Å². The van der Waals surface area contributed by atoms with Crippen LogP contribution in [0.5, 0.6) is 0 Å². The molecule has 0 saturated heterocycles. The van der Waals surface area contributed by atoms with Gasteiger partial charge in [0.05, 0.1) is 0 Å². The molecule has 0 aliphatic carbocycles. The van der Waals surface area contributed by atoms with E-state index in [0.29, 0.717) is 12.5 Å². The van der Waals surface area contributed by atoms with Crippen LogP contribution in [0.3, 0.4) is 0 Å². The molecule has 0 aliphatic rings. The molecule has 0 bridgehead atoms. The van der Waals surface area contributed by atoms with E-state index in [2.05, 4.69) is 52.6 Å². The molecular formula is C11H11MoNO5. The smallest absolute Gasteiger partial charge is 0.281 e. The van der Waals surface area contributed by atoms with Gasteiger partial charge in [-0.15, -0.1) is 0 Å². The number of hydrogen-bond donors (Lipinski definition) is 0. The molecule has 0 spiro atoms. The van der Waals surface area contributed by atoms with Crippen LogP contribution in [0.2, 0.25) is 0 Å². The van der Waals surface area contributed by atoms with Gasteiger partial charge in [0, 0.05) is 27.0 Å². The molecule has 6 nitrogen and oxygen atoms in total. The second-order valence-electron chi connectivity index (χ2n) is 1.85. The van der Waals surface area contributed by atoms with Crippen molar-refractivity contribution in [3.05, 3.63) is 11.4 Å². The molecule has 0 aromatic carbocycles. The Morgan fingerprint density at radius 3 is 1.17 bits per heavy atom. The number of hydrogen-bond acceptors (Lipinski definition) is 5. The van der Waals surface area contributed by atoms with Gasteiger partial charge in [0.25, 0.3) is 33.9 Å². The van der Waals surface area contributed by atoms with Crippen molar-refractivity contribution in [2.75, 3.05) is 6.54 Å². The molecule has 0 amide bonds. The van der Waals surface area contributed by atoms with Crippen molar-refractivity contribution in [3.8, 4) is 0 Å². The number of rotatable bonds is 2. The van der Waals surface area contributed by atoms with Crippen LogP contribution in [0.15, 0.2) is 0 Å². The van der Waals surface area contributed by atoms with Gasteiger partial charge in [-0.2, -0.15) is 0 Å². The van der Waals surface area contributed by atoms with E-state index >= 15 is 0 Å². The Morgan fingerprint density at radius 2 is 1.11 bits per heavy atom. The third-order valence-corrected chi connectivity index (χ3v) is 1.10. The molecule has 0 aromatic rings. The van der Waals surface area contributed by atoms with Crippen molar-refractivity contribution >= 4 is 33.9 Å². The summed E-state index contributed by atoms with van der Waals surface area (Å²) >= 11 is 0. The van der Waals surface area contributed by atoms with Crippen molar-refractivity contribution in [2.45, 2.75) is 20.3 Å². The Hall–Kier alpha value is -1.47. The van der Waals surface area contributed by atoms with Crippen LogP contribution in [0, 0.1) is 12.5 Å². The van der Waals surface area contributed by atoms with Gasteiger partial charge >= 0.3 is 0 Å². The van der Waals surface area contributed by atoms with Crippen LogP contribution in [-0.4, -0.2) is 40.5 Å². The SMILES string of the molecule is [C-]#[N+]CC(C)CC.[C]=O.[C]=O.[C]=O.[C]=O.[C]=O.[Mo]. The summed E-state index contributed by atoms with van der Waals surface area (Å²) in [6.07, 6.45) is 1.13. The van der Waals surface area contributed by atoms with Gasteiger partial charge in [-0.3, -0.25) is 24.0 Å². The van der Waals surface area contributed by atoms with Gasteiger partial charge in [0.2, 0.25) is 6.54 Å². The summed E-state index contributed by atoms with van der Waals surface area (Å²) in [6, 6.07) is 0. The Labute approximate surface area is 123 Å². The zero-order valence-corrected chi connectivity index (χ0v) is 11.9. The van der Waals surface area contributed by atoms with E-state index in [9.17, 15) is 0 Å². The normalized spacial score (nSPS) is 6.06. The van der Waals surface area contributed by atoms with E-state index in [-0.39, 0.29) is 21.1 Å². The molecule has 96 valence electrons. The van der Waals surface area contributed by atoms with Gasteiger partial charge in [-0.05, 0) is 6.42 Å². The average molecular weight is 333 g/mol. The van der Waals surface area contributed by atoms with Crippen molar-refractivity contribution in [1.82, 2.24) is 0 Å². The minimum absolute atomic E-state index is 0. The van der Waals surface area contributed by atoms with Crippen LogP contribution in [0.25, 0.3) is 4.85 Å². The molecule has 1 atom stereocenters. The summed E-state index contributed by atoms with van der Waals surface area (Å²) in [6.45, 7) is 33.9. The molecule has 0 aromatic heterocycles. The minimum atomic E-state index is 0. The van der Waals surface area contributed by atoms with Crippen molar-refractivity contribution in [3.63, 3.8) is 0 Å². The maximum absolute atomic E-state index is 7.50. The van der Waals surface area contributed by atoms with E-state index in [0.717, 1.165) is 6.42 Å². The standard InChI is InChI=1S/C6H11N.5CO.Mo/c1-4-6(2)5-7-3;5*1-2;/h6H,4-5H2,1-2H3;;;;;;. The summed E-state index contributed by atoms with van der Waals surface area (Å²) in [4.78, 5) is 40.8. The van der Waals surface area contributed by atoms with Crippen molar-refractivity contribution in [2.24, 2.45) is 5.92 Å². The minimum Gasteiger partial charge on any atom is -0.317 e. The molecule has 0 aliphatic heterocycles. The summed E-state index contributed by atoms with van der Waals surface area (Å²) in [5.41, 5.74) is 0. The van der Waals surface area contributed by atoms with Crippen molar-refractivity contribution < 1.29 is 45.0 Å². The Morgan fingerprint density at radius 1 is 0.889 bits per heavy atom. The molecule has 1 unspecified atom stereocenters. The van der Waals surface area contributed by atoms with E-state index in [1.807, 2.05) is 0 Å². The first-order chi connectivity index (χ1) is 8.31. The monoisotopic (exact) mass is 335 g/mol. The summed E-state index contributed by atoms with van der Waals surface area (Å²) in [5, 5.41) is 0. The molecule has 7 heteroatoms. The van der Waals surface area contributed by atoms with Gasteiger partial charge in [-0.1, -0.05) is 13.8 Å². The van der Waals surface area contributed by atoms with Crippen LogP contribution in [-0.2, 0) is 45.0 Å². The molecule has 10 radical (unpaired) electrons. The fourth-order valence-corrected chi connectivity index (χ4v) is 0.285. The molecule has 0 rings (SSSR count). The quantitative estimate of drug-likeness (QED) is 0.523. The Kier molecular flexibility index (Phi) is 390. The topological polar surface area (TPSA) is 89.7 Å². The van der Waals surface area contributed by atoms with Gasteiger partial charge in [-0.25, -0.2) is 6.57 Å². The summed E-state index contributed by atoms with van der Waals surface area (Å²) < 4.78 is 0. The van der Waals surface area contributed by atoms with Gasteiger partial charge < -0.3 is 4.85 Å². The summed E-state index contributed by atoms with van der Waals surface area (Å²) in [7, 11) is 0. The Bertz CT molecular complexity index is 132. The maximum Gasteiger partial charge on any atom is 0.281 e. The van der Waals surface area contributed by atoms with E-state index in [1.54, 1.807) is 0 Å². The zero-order valence-electron chi connectivity index (χ0n) is 9.89. The van der Waals surface area contributed by atoms with Crippen LogP contribution in [0.4, 0.5) is 0 Å². The summed E-state index contributed by atoms with van der Waals surface area (Å²) in [5.74, 6) is 0.595. The molecule has 18 heavy (non-hydrogen) atoms. The maximum atomic E-state index is 7.50. The third-order valence-electron chi connectivity index (χ3n) is 1.10. The van der Waals surface area contributed by atoms with Gasteiger partial charge in [0.1, 0.15) is 0 Å².